The highest BCUT2D eigenvalue weighted by molar-refractivity contribution is 5.85. The molecule has 0 saturated carbocycles. The Morgan fingerprint density at radius 2 is 1.81 bits per heavy atom. The number of ether oxygens (including phenoxy) is 2. The molecule has 0 radical (unpaired) electrons. The van der Waals surface area contributed by atoms with Gasteiger partial charge in [-0.15, -0.1) is 24.8 Å². The van der Waals surface area contributed by atoms with Gasteiger partial charge in [0.25, 0.3) is 0 Å². The predicted molar refractivity (Wildman–Crippen MR) is 106 cm³/mol. The fraction of sp³-hybridized carbons (Fsp3) is 0.263. The molecule has 2 aliphatic heterocycles. The lowest BCUT2D eigenvalue weighted by atomic mass is 10.1. The van der Waals surface area contributed by atoms with Gasteiger partial charge in [0.15, 0.2) is 11.5 Å². The maximum atomic E-state index is 12.9. The van der Waals surface area contributed by atoms with Crippen LogP contribution in [-0.4, -0.2) is 35.2 Å². The Hall–Kier alpha value is -2.28. The highest BCUT2D eigenvalue weighted by atomic mass is 35.5. The van der Waals surface area contributed by atoms with Crippen LogP contribution in [0.4, 0.5) is 0 Å². The van der Waals surface area contributed by atoms with Crippen LogP contribution in [0.5, 0.6) is 11.5 Å². The molecule has 6 nitrogen and oxygen atoms in total. The van der Waals surface area contributed by atoms with E-state index in [-0.39, 0.29) is 43.6 Å². The van der Waals surface area contributed by atoms with E-state index in [1.54, 1.807) is 12.4 Å². The Morgan fingerprint density at radius 3 is 2.56 bits per heavy atom. The molecule has 4 rings (SSSR count). The molecule has 1 aromatic carbocycles. The molecule has 1 N–H and O–H groups in total. The van der Waals surface area contributed by atoms with Crippen LogP contribution in [0.2, 0.25) is 0 Å². The smallest absolute Gasteiger partial charge is 0.244 e. The zero-order valence-electron chi connectivity index (χ0n) is 14.5. The van der Waals surface area contributed by atoms with Crippen LogP contribution in [0, 0.1) is 0 Å². The molecule has 8 heteroatoms. The third-order valence-corrected chi connectivity index (χ3v) is 4.30. The van der Waals surface area contributed by atoms with Crippen molar-refractivity contribution >= 4 is 30.7 Å². The first-order valence-electron chi connectivity index (χ1n) is 8.26. The quantitative estimate of drug-likeness (QED) is 0.769. The summed E-state index contributed by atoms with van der Waals surface area (Å²) in [6, 6.07) is 9.39. The van der Waals surface area contributed by atoms with Crippen LogP contribution in [-0.2, 0) is 17.9 Å². The van der Waals surface area contributed by atoms with Crippen molar-refractivity contribution in [1.29, 1.82) is 0 Å². The second-order valence-corrected chi connectivity index (χ2v) is 6.05. The summed E-state index contributed by atoms with van der Waals surface area (Å²) in [6.45, 7) is 2.00. The minimum Gasteiger partial charge on any atom is -0.454 e. The van der Waals surface area contributed by atoms with Gasteiger partial charge in [-0.3, -0.25) is 15.1 Å². The molecule has 1 aromatic heterocycles. The van der Waals surface area contributed by atoms with Crippen LogP contribution in [0.3, 0.4) is 0 Å². The number of fused-ring (bicyclic) bond motifs is 1. The summed E-state index contributed by atoms with van der Waals surface area (Å²) in [5.74, 6) is 1.53. The number of rotatable bonds is 5. The lowest BCUT2D eigenvalue weighted by Crippen LogP contribution is -2.42. The maximum absolute atomic E-state index is 12.9. The zero-order chi connectivity index (χ0) is 17.1. The Morgan fingerprint density at radius 1 is 1.07 bits per heavy atom. The van der Waals surface area contributed by atoms with E-state index >= 15 is 0 Å². The number of pyridine rings is 1. The van der Waals surface area contributed by atoms with E-state index in [4.69, 9.17) is 9.47 Å². The Labute approximate surface area is 170 Å². The van der Waals surface area contributed by atoms with Crippen molar-refractivity contribution in [2.45, 2.75) is 19.1 Å². The van der Waals surface area contributed by atoms with Crippen molar-refractivity contribution in [3.63, 3.8) is 0 Å². The number of hydrogen-bond donors (Lipinski definition) is 1. The maximum Gasteiger partial charge on any atom is 0.244 e. The van der Waals surface area contributed by atoms with E-state index in [9.17, 15) is 4.79 Å². The predicted octanol–water partition coefficient (Wildman–Crippen LogP) is 2.71. The van der Waals surface area contributed by atoms with Crippen molar-refractivity contribution in [2.75, 3.05) is 13.3 Å². The number of halogens is 2. The average Bonchev–Trinajstić information content (AvgIpc) is 3.33. The molecule has 27 heavy (non-hydrogen) atoms. The highest BCUT2D eigenvalue weighted by Crippen LogP contribution is 2.33. The van der Waals surface area contributed by atoms with Crippen molar-refractivity contribution in [3.8, 4) is 11.5 Å². The third kappa shape index (κ3) is 4.91. The second-order valence-electron chi connectivity index (χ2n) is 6.05. The minimum absolute atomic E-state index is 0. The van der Waals surface area contributed by atoms with Gasteiger partial charge in [-0.1, -0.05) is 18.2 Å². The molecule has 1 amide bonds. The first-order valence-corrected chi connectivity index (χ1v) is 8.26. The summed E-state index contributed by atoms with van der Waals surface area (Å²) >= 11 is 0. The number of nitrogens with one attached hydrogen (secondary N) is 1. The molecular formula is C19H21Cl2N3O3. The van der Waals surface area contributed by atoms with E-state index in [0.717, 1.165) is 29.2 Å². The summed E-state index contributed by atoms with van der Waals surface area (Å²) in [7, 11) is 0. The lowest BCUT2D eigenvalue weighted by molar-refractivity contribution is -0.133. The van der Waals surface area contributed by atoms with Crippen LogP contribution in [0.25, 0.3) is 0 Å². The van der Waals surface area contributed by atoms with Gasteiger partial charge in [0.05, 0.1) is 0 Å². The van der Waals surface area contributed by atoms with Crippen LogP contribution in [0.15, 0.2) is 54.9 Å². The summed E-state index contributed by atoms with van der Waals surface area (Å²) in [4.78, 5) is 18.8. The first kappa shape index (κ1) is 21.0. The fourth-order valence-electron chi connectivity index (χ4n) is 3.01. The Balaban J connectivity index is 0.00000131. The summed E-state index contributed by atoms with van der Waals surface area (Å²) in [6.07, 6.45) is 7.38. The van der Waals surface area contributed by atoms with Gasteiger partial charge < -0.3 is 14.4 Å². The minimum atomic E-state index is -0.268. The van der Waals surface area contributed by atoms with E-state index in [1.807, 2.05) is 47.4 Å². The number of aromatic nitrogens is 1. The van der Waals surface area contributed by atoms with Gasteiger partial charge in [0, 0.05) is 32.0 Å². The molecule has 0 spiro atoms. The summed E-state index contributed by atoms with van der Waals surface area (Å²) in [5.41, 5.74) is 2.06. The number of carbonyl (C=O) groups excluding carboxylic acids is 1. The SMILES string of the molecule is Cl.Cl.O=C(C1C=CCN1)N(Cc1ccncc1)Cc1ccc2c(c1)OCO2. The fourth-order valence-corrected chi connectivity index (χ4v) is 3.01. The van der Waals surface area contributed by atoms with E-state index < -0.39 is 0 Å². The topological polar surface area (TPSA) is 63.7 Å². The molecule has 3 heterocycles. The van der Waals surface area contributed by atoms with Gasteiger partial charge >= 0.3 is 0 Å². The lowest BCUT2D eigenvalue weighted by Gasteiger charge is -2.25. The molecular weight excluding hydrogens is 389 g/mol. The summed E-state index contributed by atoms with van der Waals surface area (Å²) in [5, 5.41) is 3.19. The van der Waals surface area contributed by atoms with E-state index in [1.165, 1.54) is 0 Å². The molecule has 0 saturated heterocycles. The number of nitrogens with zero attached hydrogens (tertiary/aromatic N) is 2. The molecule has 0 fully saturated rings. The molecule has 144 valence electrons. The Kier molecular flexibility index (Phi) is 7.47. The third-order valence-electron chi connectivity index (χ3n) is 4.30. The number of amides is 1. The molecule has 1 atom stereocenters. The standard InChI is InChI=1S/C19H19N3O3.2ClH/c23-19(16-2-1-7-21-16)22(11-14-5-8-20-9-6-14)12-15-3-4-17-18(10-15)25-13-24-17;;/h1-6,8-10,16,21H,7,11-13H2;2*1H. The summed E-state index contributed by atoms with van der Waals surface area (Å²) < 4.78 is 10.8. The van der Waals surface area contributed by atoms with Gasteiger partial charge in [-0.2, -0.15) is 0 Å². The van der Waals surface area contributed by atoms with Crippen molar-refractivity contribution < 1.29 is 14.3 Å². The number of hydrogen-bond acceptors (Lipinski definition) is 5. The molecule has 0 bridgehead atoms. The van der Waals surface area contributed by atoms with Crippen molar-refractivity contribution in [3.05, 3.63) is 66.0 Å². The monoisotopic (exact) mass is 409 g/mol. The van der Waals surface area contributed by atoms with Crippen LogP contribution in [0.1, 0.15) is 11.1 Å². The molecule has 1 unspecified atom stereocenters. The zero-order valence-corrected chi connectivity index (χ0v) is 16.2. The van der Waals surface area contributed by atoms with Crippen LogP contribution < -0.4 is 14.8 Å². The largest absolute Gasteiger partial charge is 0.454 e. The van der Waals surface area contributed by atoms with Crippen molar-refractivity contribution in [1.82, 2.24) is 15.2 Å². The first-order chi connectivity index (χ1) is 12.3. The van der Waals surface area contributed by atoms with E-state index in [0.29, 0.717) is 13.1 Å². The van der Waals surface area contributed by atoms with Gasteiger partial charge in [-0.05, 0) is 35.4 Å². The normalized spacial score (nSPS) is 16.4. The highest BCUT2D eigenvalue weighted by Gasteiger charge is 2.24. The van der Waals surface area contributed by atoms with E-state index in [2.05, 4.69) is 10.3 Å². The second kappa shape index (κ2) is 9.60. The van der Waals surface area contributed by atoms with Gasteiger partial charge in [-0.25, -0.2) is 0 Å². The molecule has 2 aliphatic rings. The van der Waals surface area contributed by atoms with Crippen molar-refractivity contribution in [2.24, 2.45) is 0 Å². The molecule has 2 aromatic rings. The average molecular weight is 410 g/mol. The van der Waals surface area contributed by atoms with Gasteiger partial charge in [0.1, 0.15) is 6.04 Å². The number of benzene rings is 1. The number of carbonyl (C=O) groups is 1. The Bertz CT molecular complexity index is 802. The van der Waals surface area contributed by atoms with Gasteiger partial charge in [0.2, 0.25) is 12.7 Å². The molecule has 0 aliphatic carbocycles. The van der Waals surface area contributed by atoms with Crippen LogP contribution >= 0.6 is 24.8 Å².